The monoisotopic (exact) mass is 235 g/mol. The maximum Gasteiger partial charge on any atom is 0.0772 e. The van der Waals surface area contributed by atoms with Crippen LogP contribution in [0, 0.1) is 0 Å². The minimum Gasteiger partial charge on any atom is -0.392 e. The highest BCUT2D eigenvalue weighted by molar-refractivity contribution is 5.45. The Morgan fingerprint density at radius 1 is 1.24 bits per heavy atom. The summed E-state index contributed by atoms with van der Waals surface area (Å²) in [6.45, 7) is 0.102. The summed E-state index contributed by atoms with van der Waals surface area (Å²) in [5.74, 6) is 0. The first kappa shape index (κ1) is 12.4. The molecule has 1 aromatic rings. The fourth-order valence-electron chi connectivity index (χ4n) is 2.46. The molecular weight excluding hydrogens is 214 g/mol. The summed E-state index contributed by atoms with van der Waals surface area (Å²) >= 11 is 0. The van der Waals surface area contributed by atoms with Crippen LogP contribution in [0.15, 0.2) is 24.3 Å². The Balaban J connectivity index is 1.98. The first-order valence-electron chi connectivity index (χ1n) is 6.32. The van der Waals surface area contributed by atoms with Gasteiger partial charge < -0.3 is 15.2 Å². The van der Waals surface area contributed by atoms with Gasteiger partial charge in [0.15, 0.2) is 0 Å². The van der Waals surface area contributed by atoms with Crippen LogP contribution in [0.4, 0.5) is 5.69 Å². The molecule has 94 valence electrons. The number of anilines is 1. The SMILES string of the molecule is COC1CCCCC1Nc1ccc(CO)cc1. The van der Waals surface area contributed by atoms with E-state index in [9.17, 15) is 0 Å². The van der Waals surface area contributed by atoms with E-state index in [0.717, 1.165) is 17.7 Å². The normalized spacial score (nSPS) is 24.6. The van der Waals surface area contributed by atoms with E-state index in [1.54, 1.807) is 7.11 Å². The van der Waals surface area contributed by atoms with Gasteiger partial charge in [0, 0.05) is 12.8 Å². The van der Waals surface area contributed by atoms with Gasteiger partial charge in [0.1, 0.15) is 0 Å². The van der Waals surface area contributed by atoms with Crippen LogP contribution in [-0.4, -0.2) is 24.4 Å². The van der Waals surface area contributed by atoms with Gasteiger partial charge in [-0.15, -0.1) is 0 Å². The van der Waals surface area contributed by atoms with E-state index in [1.165, 1.54) is 19.3 Å². The van der Waals surface area contributed by atoms with Gasteiger partial charge in [0.05, 0.1) is 18.8 Å². The highest BCUT2D eigenvalue weighted by atomic mass is 16.5. The van der Waals surface area contributed by atoms with Crippen molar-refractivity contribution in [3.63, 3.8) is 0 Å². The van der Waals surface area contributed by atoms with E-state index < -0.39 is 0 Å². The average molecular weight is 235 g/mol. The van der Waals surface area contributed by atoms with E-state index in [1.807, 2.05) is 24.3 Å². The summed E-state index contributed by atoms with van der Waals surface area (Å²) in [6, 6.07) is 8.36. The molecule has 1 saturated carbocycles. The highest BCUT2D eigenvalue weighted by Gasteiger charge is 2.24. The third-order valence-corrected chi connectivity index (χ3v) is 3.49. The molecule has 1 aliphatic carbocycles. The summed E-state index contributed by atoms with van der Waals surface area (Å²) in [5, 5.41) is 12.5. The molecule has 1 aliphatic rings. The van der Waals surface area contributed by atoms with Crippen LogP contribution in [0.1, 0.15) is 31.2 Å². The van der Waals surface area contributed by atoms with Crippen LogP contribution >= 0.6 is 0 Å². The molecule has 0 saturated heterocycles. The van der Waals surface area contributed by atoms with Crippen LogP contribution in [0.5, 0.6) is 0 Å². The number of rotatable bonds is 4. The van der Waals surface area contributed by atoms with Gasteiger partial charge in [0.2, 0.25) is 0 Å². The molecule has 3 nitrogen and oxygen atoms in total. The van der Waals surface area contributed by atoms with Crippen molar-refractivity contribution in [3.8, 4) is 0 Å². The Hall–Kier alpha value is -1.06. The molecule has 1 aromatic carbocycles. The third kappa shape index (κ3) is 3.20. The summed E-state index contributed by atoms with van der Waals surface area (Å²) in [6.07, 6.45) is 5.16. The zero-order chi connectivity index (χ0) is 12.1. The first-order valence-corrected chi connectivity index (χ1v) is 6.32. The van der Waals surface area contributed by atoms with Crippen molar-refractivity contribution < 1.29 is 9.84 Å². The number of benzene rings is 1. The summed E-state index contributed by atoms with van der Waals surface area (Å²) < 4.78 is 5.52. The molecule has 0 aliphatic heterocycles. The van der Waals surface area contributed by atoms with Crippen molar-refractivity contribution in [2.24, 2.45) is 0 Å². The zero-order valence-electron chi connectivity index (χ0n) is 10.4. The van der Waals surface area contributed by atoms with Crippen molar-refractivity contribution in [1.29, 1.82) is 0 Å². The maximum atomic E-state index is 8.99. The Labute approximate surface area is 103 Å². The molecule has 3 heteroatoms. The van der Waals surface area contributed by atoms with Gasteiger partial charge >= 0.3 is 0 Å². The number of hydrogen-bond donors (Lipinski definition) is 2. The van der Waals surface area contributed by atoms with Crippen molar-refractivity contribution in [2.45, 2.75) is 44.4 Å². The second-order valence-electron chi connectivity index (χ2n) is 4.66. The molecule has 0 radical (unpaired) electrons. The first-order chi connectivity index (χ1) is 8.33. The van der Waals surface area contributed by atoms with Gasteiger partial charge in [-0.1, -0.05) is 25.0 Å². The van der Waals surface area contributed by atoms with Gasteiger partial charge in [0.25, 0.3) is 0 Å². The molecule has 0 heterocycles. The molecule has 0 aromatic heterocycles. The molecule has 0 amide bonds. The summed E-state index contributed by atoms with van der Waals surface area (Å²) in [4.78, 5) is 0. The second-order valence-corrected chi connectivity index (χ2v) is 4.66. The third-order valence-electron chi connectivity index (χ3n) is 3.49. The molecule has 2 N–H and O–H groups in total. The Morgan fingerprint density at radius 2 is 1.94 bits per heavy atom. The Kier molecular flexibility index (Phi) is 4.40. The lowest BCUT2D eigenvalue weighted by Gasteiger charge is -2.31. The van der Waals surface area contributed by atoms with E-state index in [-0.39, 0.29) is 6.61 Å². The van der Waals surface area contributed by atoms with Crippen LogP contribution in [0.2, 0.25) is 0 Å². The number of aliphatic hydroxyl groups excluding tert-OH is 1. The van der Waals surface area contributed by atoms with Crippen LogP contribution in [-0.2, 0) is 11.3 Å². The number of nitrogens with one attached hydrogen (secondary N) is 1. The molecule has 0 bridgehead atoms. The van der Waals surface area contributed by atoms with Gasteiger partial charge in [-0.3, -0.25) is 0 Å². The largest absolute Gasteiger partial charge is 0.392 e. The average Bonchev–Trinajstić information content (AvgIpc) is 2.40. The van der Waals surface area contributed by atoms with Crippen LogP contribution in [0.25, 0.3) is 0 Å². The predicted molar refractivity (Wildman–Crippen MR) is 69.0 cm³/mol. The van der Waals surface area contributed by atoms with E-state index >= 15 is 0 Å². The van der Waals surface area contributed by atoms with E-state index in [4.69, 9.17) is 9.84 Å². The topological polar surface area (TPSA) is 41.5 Å². The lowest BCUT2D eigenvalue weighted by molar-refractivity contribution is 0.0606. The van der Waals surface area contributed by atoms with Crippen molar-refractivity contribution in [2.75, 3.05) is 12.4 Å². The van der Waals surface area contributed by atoms with Crippen LogP contribution < -0.4 is 5.32 Å². The standard InChI is InChI=1S/C14H21NO2/c1-17-14-5-3-2-4-13(14)15-12-8-6-11(10-16)7-9-12/h6-9,13-16H,2-5,10H2,1H3. The number of aliphatic hydroxyl groups is 1. The lowest BCUT2D eigenvalue weighted by Crippen LogP contribution is -2.37. The predicted octanol–water partition coefficient (Wildman–Crippen LogP) is 2.55. The van der Waals surface area contributed by atoms with Crippen molar-refractivity contribution >= 4 is 5.69 Å². The summed E-state index contributed by atoms with van der Waals surface area (Å²) in [5.41, 5.74) is 2.05. The minimum absolute atomic E-state index is 0.102. The second kappa shape index (κ2) is 6.03. The fraction of sp³-hybridized carbons (Fsp3) is 0.571. The maximum absolute atomic E-state index is 8.99. The highest BCUT2D eigenvalue weighted by Crippen LogP contribution is 2.24. The molecule has 2 unspecified atom stereocenters. The molecule has 2 atom stereocenters. The van der Waals surface area contributed by atoms with E-state index in [2.05, 4.69) is 5.32 Å². The molecule has 1 fully saturated rings. The van der Waals surface area contributed by atoms with Gasteiger partial charge in [-0.2, -0.15) is 0 Å². The summed E-state index contributed by atoms with van der Waals surface area (Å²) in [7, 11) is 1.79. The Morgan fingerprint density at radius 3 is 2.59 bits per heavy atom. The van der Waals surface area contributed by atoms with Crippen molar-refractivity contribution in [3.05, 3.63) is 29.8 Å². The van der Waals surface area contributed by atoms with E-state index in [0.29, 0.717) is 12.1 Å². The van der Waals surface area contributed by atoms with Gasteiger partial charge in [-0.25, -0.2) is 0 Å². The van der Waals surface area contributed by atoms with Gasteiger partial charge in [-0.05, 0) is 30.5 Å². The quantitative estimate of drug-likeness (QED) is 0.842. The molecule has 17 heavy (non-hydrogen) atoms. The number of hydrogen-bond acceptors (Lipinski definition) is 3. The molecular formula is C14H21NO2. The minimum atomic E-state index is 0.102. The van der Waals surface area contributed by atoms with Crippen molar-refractivity contribution in [1.82, 2.24) is 0 Å². The van der Waals surface area contributed by atoms with Crippen LogP contribution in [0.3, 0.4) is 0 Å². The number of methoxy groups -OCH3 is 1. The lowest BCUT2D eigenvalue weighted by atomic mass is 9.92. The smallest absolute Gasteiger partial charge is 0.0772 e. The fourth-order valence-corrected chi connectivity index (χ4v) is 2.46. The zero-order valence-corrected chi connectivity index (χ0v) is 10.4. The molecule has 2 rings (SSSR count). The Bertz CT molecular complexity index is 337. The molecule has 0 spiro atoms. The number of ether oxygens (including phenoxy) is 1.